The molecule has 0 nitrogen and oxygen atoms in total. The van der Waals surface area contributed by atoms with Crippen molar-refractivity contribution in [1.29, 1.82) is 0 Å². The fraction of sp³-hybridized carbons (Fsp3) is 1.00. The zero-order valence-corrected chi connectivity index (χ0v) is 19.9. The monoisotopic (exact) mass is 492 g/mol. The molecule has 17 heavy (non-hydrogen) atoms. The first kappa shape index (κ1) is 19.0. The minimum atomic E-state index is -1.81. The summed E-state index contributed by atoms with van der Waals surface area (Å²) < 4.78 is 0.427. The molecule has 0 unspecified atom stereocenters. The van der Waals surface area contributed by atoms with Gasteiger partial charge in [0, 0.05) is 0 Å². The molecule has 0 saturated carbocycles. The second-order valence-corrected chi connectivity index (χ2v) is 39.8. The van der Waals surface area contributed by atoms with Gasteiger partial charge in [-0.25, -0.2) is 0 Å². The summed E-state index contributed by atoms with van der Waals surface area (Å²) in [6, 6.07) is 0. The van der Waals surface area contributed by atoms with Gasteiger partial charge in [0.15, 0.2) is 0 Å². The summed E-state index contributed by atoms with van der Waals surface area (Å²) in [7, 11) is 0. The number of hydrogen-bond acceptors (Lipinski definition) is 0. The number of rotatable bonds is 8. The van der Waals surface area contributed by atoms with Crippen LogP contribution in [0.25, 0.3) is 0 Å². The van der Waals surface area contributed by atoms with Crippen LogP contribution in [0.2, 0.25) is 31.5 Å². The summed E-state index contributed by atoms with van der Waals surface area (Å²) in [5, 5.41) is 8.73. The Morgan fingerprint density at radius 3 is 0.882 bits per heavy atom. The van der Waals surface area contributed by atoms with Gasteiger partial charge >= 0.3 is 132 Å². The van der Waals surface area contributed by atoms with Crippen LogP contribution in [0.3, 0.4) is 0 Å². The molecule has 0 saturated heterocycles. The van der Waals surface area contributed by atoms with Gasteiger partial charge in [-0.1, -0.05) is 0 Å². The van der Waals surface area contributed by atoms with E-state index in [1.807, 2.05) is 0 Å². The Kier molecular flexibility index (Phi) is 8.66. The van der Waals surface area contributed by atoms with E-state index >= 15 is 0 Å². The topological polar surface area (TPSA) is 0 Å². The van der Waals surface area contributed by atoms with E-state index in [0.29, 0.717) is 0.899 Å². The average molecular weight is 491 g/mol. The number of hydrogen-bond donors (Lipinski definition) is 0. The van der Waals surface area contributed by atoms with Crippen LogP contribution >= 0.6 is 31.9 Å². The van der Waals surface area contributed by atoms with Gasteiger partial charge in [0.25, 0.3) is 0 Å². The van der Waals surface area contributed by atoms with E-state index in [2.05, 4.69) is 73.4 Å². The molecule has 0 atom stereocenters. The van der Waals surface area contributed by atoms with E-state index in [9.17, 15) is 0 Å². The summed E-state index contributed by atoms with van der Waals surface area (Å²) in [6.45, 7) is 14.7. The number of halogens is 2. The molecule has 0 heterocycles. The Labute approximate surface area is 131 Å². The Bertz CT molecular complexity index is 183. The Morgan fingerprint density at radius 1 is 0.588 bits per heavy atom. The van der Waals surface area contributed by atoms with Crippen molar-refractivity contribution in [1.82, 2.24) is 0 Å². The quantitative estimate of drug-likeness (QED) is 0.266. The molecule has 0 radical (unpaired) electrons. The fourth-order valence-corrected chi connectivity index (χ4v) is 58.9. The van der Waals surface area contributed by atoms with E-state index < -0.39 is 26.5 Å². The summed E-state index contributed by atoms with van der Waals surface area (Å²) in [5.74, 6) is 0. The van der Waals surface area contributed by atoms with Gasteiger partial charge in [0.1, 0.15) is 0 Å². The van der Waals surface area contributed by atoms with E-state index in [1.54, 1.807) is 0 Å². The minimum absolute atomic E-state index is 0.427. The standard InChI is InChI=1S/C13H30Br2Ge2/c1-7-16(8-2,9-3)13(14,15)17(10-4,11-5)12-6/h7-12H2,1-6H3. The fourth-order valence-electron chi connectivity index (χ4n) is 3.39. The van der Waals surface area contributed by atoms with Gasteiger partial charge in [-0.15, -0.1) is 0 Å². The van der Waals surface area contributed by atoms with Crippen molar-refractivity contribution < 1.29 is 0 Å². The second-order valence-electron chi connectivity index (χ2n) is 5.26. The Balaban J connectivity index is 5.60. The number of alkyl halides is 2. The molecular weight excluding hydrogens is 461 g/mol. The molecule has 0 aromatic carbocycles. The first-order valence-corrected chi connectivity index (χ1v) is 19.8. The van der Waals surface area contributed by atoms with Crippen molar-refractivity contribution in [3.63, 3.8) is 0 Å². The van der Waals surface area contributed by atoms with Crippen molar-refractivity contribution in [2.45, 2.75) is 74.0 Å². The third-order valence-corrected chi connectivity index (χ3v) is 57.1. The molecule has 0 aromatic heterocycles. The molecule has 0 amide bonds. The zero-order chi connectivity index (χ0) is 13.7. The maximum atomic E-state index is 4.27. The summed E-state index contributed by atoms with van der Waals surface area (Å²) in [4.78, 5) is 0. The third kappa shape index (κ3) is 3.21. The van der Waals surface area contributed by atoms with Crippen LogP contribution < -0.4 is 0 Å². The van der Waals surface area contributed by atoms with Crippen molar-refractivity contribution in [2.75, 3.05) is 0 Å². The van der Waals surface area contributed by atoms with Crippen LogP contribution in [0, 0.1) is 0 Å². The molecule has 0 aliphatic rings. The molecule has 0 aliphatic heterocycles. The zero-order valence-electron chi connectivity index (χ0n) is 12.5. The van der Waals surface area contributed by atoms with E-state index in [0.717, 1.165) is 0 Å². The van der Waals surface area contributed by atoms with E-state index in [-0.39, 0.29) is 0 Å². The molecule has 104 valence electrons. The normalized spacial score (nSPS) is 14.1. The molecule has 0 aliphatic carbocycles. The maximum absolute atomic E-state index is 4.27. The van der Waals surface area contributed by atoms with Crippen molar-refractivity contribution >= 4 is 58.4 Å². The van der Waals surface area contributed by atoms with Crippen LogP contribution in [-0.2, 0) is 0 Å². The van der Waals surface area contributed by atoms with Crippen molar-refractivity contribution in [3.05, 3.63) is 0 Å². The predicted molar refractivity (Wildman–Crippen MR) is 95.0 cm³/mol. The molecule has 0 aromatic rings. The molecule has 0 N–H and O–H groups in total. The van der Waals surface area contributed by atoms with Crippen molar-refractivity contribution in [3.8, 4) is 0 Å². The Hall–Kier alpha value is 2.05. The van der Waals surface area contributed by atoms with Crippen LogP contribution in [0.5, 0.6) is 0 Å². The van der Waals surface area contributed by atoms with E-state index in [4.69, 9.17) is 0 Å². The summed E-state index contributed by atoms with van der Waals surface area (Å²) >= 11 is 4.94. The molecule has 0 rings (SSSR count). The first-order valence-electron chi connectivity index (χ1n) is 7.24. The third-order valence-electron chi connectivity index (χ3n) is 5.39. The van der Waals surface area contributed by atoms with Crippen LogP contribution in [-0.4, -0.2) is 27.4 Å². The van der Waals surface area contributed by atoms with E-state index in [1.165, 1.54) is 31.5 Å². The average Bonchev–Trinajstić information content (AvgIpc) is 2.34. The molecular formula is C13H30Br2Ge2. The van der Waals surface area contributed by atoms with Crippen LogP contribution in [0.4, 0.5) is 0 Å². The van der Waals surface area contributed by atoms with Gasteiger partial charge in [0.05, 0.1) is 0 Å². The second kappa shape index (κ2) is 7.73. The van der Waals surface area contributed by atoms with Crippen LogP contribution in [0.1, 0.15) is 41.5 Å². The molecule has 0 bridgehead atoms. The molecule has 0 spiro atoms. The molecule has 4 heteroatoms. The van der Waals surface area contributed by atoms with Gasteiger partial charge in [0.2, 0.25) is 0 Å². The van der Waals surface area contributed by atoms with Gasteiger partial charge < -0.3 is 0 Å². The SMILES string of the molecule is C[CH2][Ge]([CH2]C)([CH2]C)[C](Br)(Br)[Ge]([CH2]C)([CH2]C)[CH2]C. The van der Waals surface area contributed by atoms with Crippen molar-refractivity contribution in [2.24, 2.45) is 0 Å². The Morgan fingerprint density at radius 2 is 0.765 bits per heavy atom. The summed E-state index contributed by atoms with van der Waals surface area (Å²) in [5.41, 5.74) is 0. The van der Waals surface area contributed by atoms with Crippen LogP contribution in [0.15, 0.2) is 0 Å². The summed E-state index contributed by atoms with van der Waals surface area (Å²) in [6.07, 6.45) is 0. The van der Waals surface area contributed by atoms with Gasteiger partial charge in [-0.3, -0.25) is 0 Å². The predicted octanol–water partition coefficient (Wildman–Crippen LogP) is 6.57. The van der Waals surface area contributed by atoms with Gasteiger partial charge in [-0.05, 0) is 0 Å². The molecule has 0 fully saturated rings. The van der Waals surface area contributed by atoms with Gasteiger partial charge in [-0.2, -0.15) is 0 Å². The first-order chi connectivity index (χ1) is 7.86.